The molecule has 0 saturated heterocycles. The predicted octanol–water partition coefficient (Wildman–Crippen LogP) is 3.86. The van der Waals surface area contributed by atoms with Crippen LogP contribution < -0.4 is 10.6 Å². The molecule has 1 unspecified atom stereocenters. The van der Waals surface area contributed by atoms with Crippen LogP contribution in [-0.2, 0) is 27.9 Å². The third-order valence-corrected chi connectivity index (χ3v) is 8.97. The molecular formula is C25H23N3O4S2. The van der Waals surface area contributed by atoms with Crippen LogP contribution in [-0.4, -0.2) is 30.6 Å². The quantitative estimate of drug-likeness (QED) is 0.489. The third kappa shape index (κ3) is 4.42. The summed E-state index contributed by atoms with van der Waals surface area (Å²) in [7, 11) is -3.71. The number of sulfonamides is 1. The molecule has 1 aromatic heterocycles. The molecule has 2 atom stereocenters. The highest BCUT2D eigenvalue weighted by atomic mass is 32.2. The van der Waals surface area contributed by atoms with Crippen molar-refractivity contribution in [2.24, 2.45) is 0 Å². The van der Waals surface area contributed by atoms with E-state index >= 15 is 0 Å². The average Bonchev–Trinajstić information content (AvgIpc) is 3.33. The van der Waals surface area contributed by atoms with Crippen molar-refractivity contribution in [3.8, 4) is 0 Å². The Balaban J connectivity index is 1.21. The number of nitrogens with one attached hydrogen (secondary N) is 2. The van der Waals surface area contributed by atoms with Crippen LogP contribution >= 0.6 is 11.3 Å². The molecule has 0 bridgehead atoms. The average molecular weight is 494 g/mol. The van der Waals surface area contributed by atoms with Crippen LogP contribution in [0.1, 0.15) is 38.7 Å². The number of carbonyl (C=O) groups excluding carboxylic acids is 2. The Kier molecular flexibility index (Phi) is 5.85. The van der Waals surface area contributed by atoms with Crippen molar-refractivity contribution in [1.82, 2.24) is 9.62 Å². The van der Waals surface area contributed by atoms with E-state index in [9.17, 15) is 18.0 Å². The number of benzene rings is 2. The molecule has 5 rings (SSSR count). The number of amides is 2. The molecule has 7 nitrogen and oxygen atoms in total. The first-order valence-corrected chi connectivity index (χ1v) is 13.1. The maximum atomic E-state index is 13.1. The molecule has 2 amide bonds. The summed E-state index contributed by atoms with van der Waals surface area (Å²) in [4.78, 5) is 25.2. The topological polar surface area (TPSA) is 95.6 Å². The van der Waals surface area contributed by atoms with Crippen molar-refractivity contribution in [1.29, 1.82) is 0 Å². The summed E-state index contributed by atoms with van der Waals surface area (Å²) in [6.07, 6.45) is 2.10. The molecule has 1 saturated carbocycles. The zero-order valence-electron chi connectivity index (χ0n) is 18.2. The number of rotatable bonds is 7. The van der Waals surface area contributed by atoms with E-state index in [1.54, 1.807) is 18.2 Å². The lowest BCUT2D eigenvalue weighted by Gasteiger charge is -2.16. The van der Waals surface area contributed by atoms with Crippen LogP contribution in [0.2, 0.25) is 0 Å². The summed E-state index contributed by atoms with van der Waals surface area (Å²) < 4.78 is 27.7. The SMILES string of the molecule is C=CC(=O)Nc1cc2c(s1)CN(S(=O)(=O)c1ccc(C(=O)N[C@@H]3CC3c3ccccc3)cc1)C2. The first-order valence-electron chi connectivity index (χ1n) is 10.9. The van der Waals surface area contributed by atoms with Crippen molar-refractivity contribution < 1.29 is 18.0 Å². The molecule has 9 heteroatoms. The maximum Gasteiger partial charge on any atom is 0.251 e. The highest BCUT2D eigenvalue weighted by Gasteiger charge is 2.39. The molecule has 34 heavy (non-hydrogen) atoms. The van der Waals surface area contributed by atoms with Crippen molar-refractivity contribution in [2.45, 2.75) is 36.4 Å². The fourth-order valence-corrected chi connectivity index (χ4v) is 6.71. The second kappa shape index (κ2) is 8.83. The summed E-state index contributed by atoms with van der Waals surface area (Å²) in [5.41, 5.74) is 2.52. The lowest BCUT2D eigenvalue weighted by atomic mass is 10.1. The van der Waals surface area contributed by atoms with E-state index in [2.05, 4.69) is 29.3 Å². The fraction of sp³-hybridized carbons (Fsp3) is 0.200. The largest absolute Gasteiger partial charge is 0.349 e. The van der Waals surface area contributed by atoms with Gasteiger partial charge in [-0.2, -0.15) is 4.31 Å². The first-order chi connectivity index (χ1) is 16.3. The van der Waals surface area contributed by atoms with Crippen LogP contribution in [0.15, 0.2) is 78.2 Å². The highest BCUT2D eigenvalue weighted by molar-refractivity contribution is 7.89. The number of thiophene rings is 1. The summed E-state index contributed by atoms with van der Waals surface area (Å²) in [5, 5.41) is 6.41. The molecule has 0 radical (unpaired) electrons. The Labute approximate surface area is 202 Å². The van der Waals surface area contributed by atoms with Crippen molar-refractivity contribution in [2.75, 3.05) is 5.32 Å². The molecular weight excluding hydrogens is 470 g/mol. The van der Waals surface area contributed by atoms with Gasteiger partial charge in [0.15, 0.2) is 0 Å². The first kappa shape index (κ1) is 22.5. The molecule has 2 aliphatic rings. The number of anilines is 1. The minimum absolute atomic E-state index is 0.100. The summed E-state index contributed by atoms with van der Waals surface area (Å²) >= 11 is 1.36. The number of fused-ring (bicyclic) bond motifs is 1. The molecule has 2 N–H and O–H groups in total. The summed E-state index contributed by atoms with van der Waals surface area (Å²) in [5.74, 6) is -0.178. The van der Waals surface area contributed by atoms with Gasteiger partial charge in [0.2, 0.25) is 15.9 Å². The van der Waals surface area contributed by atoms with Crippen LogP contribution in [0.3, 0.4) is 0 Å². The van der Waals surface area contributed by atoms with E-state index in [4.69, 9.17) is 0 Å². The molecule has 0 spiro atoms. The number of carbonyl (C=O) groups is 2. The zero-order chi connectivity index (χ0) is 23.9. The Bertz CT molecular complexity index is 1340. The van der Waals surface area contributed by atoms with Gasteiger partial charge in [-0.05, 0) is 54.0 Å². The number of hydrogen-bond acceptors (Lipinski definition) is 5. The van der Waals surface area contributed by atoms with Gasteiger partial charge in [0.1, 0.15) is 0 Å². The van der Waals surface area contributed by atoms with Crippen LogP contribution in [0.4, 0.5) is 5.00 Å². The minimum Gasteiger partial charge on any atom is -0.349 e. The van der Waals surface area contributed by atoms with Gasteiger partial charge >= 0.3 is 0 Å². The Hall–Kier alpha value is -3.27. The van der Waals surface area contributed by atoms with E-state index in [0.717, 1.165) is 16.9 Å². The molecule has 174 valence electrons. The zero-order valence-corrected chi connectivity index (χ0v) is 19.9. The van der Waals surface area contributed by atoms with E-state index in [-0.39, 0.29) is 35.8 Å². The van der Waals surface area contributed by atoms with E-state index in [1.807, 2.05) is 18.2 Å². The molecule has 1 aliphatic carbocycles. The van der Waals surface area contributed by atoms with Crippen molar-refractivity contribution >= 4 is 38.2 Å². The minimum atomic E-state index is -3.71. The maximum absolute atomic E-state index is 13.1. The molecule has 1 fully saturated rings. The molecule has 3 aromatic rings. The standard InChI is InChI=1S/C25H23N3O4S2/c1-2-23(29)27-24-12-18-14-28(15-22(18)33-24)34(31,32)19-10-8-17(9-11-19)25(30)26-21-13-20(21)16-6-4-3-5-7-16/h2-12,20-21H,1,13-15H2,(H,26,30)(H,27,29)/t20?,21-/m1/s1. The molecule has 2 aromatic carbocycles. The van der Waals surface area contributed by atoms with E-state index in [1.165, 1.54) is 39.4 Å². The highest BCUT2D eigenvalue weighted by Crippen LogP contribution is 2.41. The van der Waals surface area contributed by atoms with Crippen molar-refractivity contribution in [3.63, 3.8) is 0 Å². The van der Waals surface area contributed by atoms with Crippen LogP contribution in [0.25, 0.3) is 0 Å². The normalized spacial score (nSPS) is 19.3. The lowest BCUT2D eigenvalue weighted by molar-refractivity contribution is -0.111. The van der Waals surface area contributed by atoms with Crippen LogP contribution in [0, 0.1) is 0 Å². The summed E-state index contributed by atoms with van der Waals surface area (Å²) in [6, 6.07) is 18.0. The second-order valence-corrected chi connectivity index (χ2v) is 11.5. The Morgan fingerprint density at radius 3 is 2.47 bits per heavy atom. The van der Waals surface area contributed by atoms with E-state index < -0.39 is 10.0 Å². The number of nitrogens with zero attached hydrogens (tertiary/aromatic N) is 1. The predicted molar refractivity (Wildman–Crippen MR) is 131 cm³/mol. The molecule has 1 aliphatic heterocycles. The monoisotopic (exact) mass is 493 g/mol. The summed E-state index contributed by atoms with van der Waals surface area (Å²) in [6.45, 7) is 3.91. The Morgan fingerprint density at radius 2 is 1.79 bits per heavy atom. The van der Waals surface area contributed by atoms with Gasteiger partial charge in [0, 0.05) is 35.5 Å². The number of hydrogen-bond donors (Lipinski definition) is 2. The lowest BCUT2D eigenvalue weighted by Crippen LogP contribution is -2.27. The molecule has 2 heterocycles. The second-order valence-electron chi connectivity index (χ2n) is 8.38. The van der Waals surface area contributed by atoms with E-state index in [0.29, 0.717) is 16.5 Å². The third-order valence-electron chi connectivity index (χ3n) is 6.08. The van der Waals surface area contributed by atoms with Gasteiger partial charge < -0.3 is 10.6 Å². The fourth-order valence-electron chi connectivity index (χ4n) is 4.15. The van der Waals surface area contributed by atoms with Crippen molar-refractivity contribution in [3.05, 3.63) is 94.9 Å². The van der Waals surface area contributed by atoms with Gasteiger partial charge in [-0.25, -0.2) is 8.42 Å². The van der Waals surface area contributed by atoms with Crippen LogP contribution in [0.5, 0.6) is 0 Å². The van der Waals surface area contributed by atoms with Gasteiger partial charge in [-0.1, -0.05) is 36.9 Å². The Morgan fingerprint density at radius 1 is 1.06 bits per heavy atom. The smallest absolute Gasteiger partial charge is 0.251 e. The van der Waals surface area contributed by atoms with Gasteiger partial charge in [-0.15, -0.1) is 11.3 Å². The van der Waals surface area contributed by atoms with Gasteiger partial charge in [0.25, 0.3) is 5.91 Å². The van der Waals surface area contributed by atoms with Gasteiger partial charge in [0.05, 0.1) is 9.90 Å². The van der Waals surface area contributed by atoms with Gasteiger partial charge in [-0.3, -0.25) is 9.59 Å².